The van der Waals surface area contributed by atoms with Crippen molar-refractivity contribution in [3.63, 3.8) is 0 Å². The molecule has 1 aromatic heterocycles. The minimum absolute atomic E-state index is 0.164. The van der Waals surface area contributed by atoms with Crippen LogP contribution in [0.1, 0.15) is 16.9 Å². The molecule has 0 aliphatic carbocycles. The maximum atomic E-state index is 11.5. The highest BCUT2D eigenvalue weighted by atomic mass is 35.5. The molecular weight excluding hydrogens is 214 g/mol. The van der Waals surface area contributed by atoms with Crippen LogP contribution in [-0.2, 0) is 0 Å². The van der Waals surface area contributed by atoms with Crippen LogP contribution < -0.4 is 10.6 Å². The molecule has 0 radical (unpaired) electrons. The lowest BCUT2D eigenvalue weighted by atomic mass is 10.3. The normalized spacial score (nSPS) is 10.0. The summed E-state index contributed by atoms with van der Waals surface area (Å²) >= 11 is 5.66. The van der Waals surface area contributed by atoms with Crippen LogP contribution in [0.4, 0.5) is 0 Å². The second-order valence-corrected chi connectivity index (χ2v) is 3.51. The Bertz CT molecular complexity index is 313. The number of carbonyl (C=O) groups is 1. The van der Waals surface area contributed by atoms with Crippen molar-refractivity contribution < 1.29 is 4.79 Å². The van der Waals surface area contributed by atoms with Crippen LogP contribution in [0.3, 0.4) is 0 Å². The summed E-state index contributed by atoms with van der Waals surface area (Å²) in [4.78, 5) is 15.4. The quantitative estimate of drug-likeness (QED) is 0.740. The maximum Gasteiger partial charge on any atom is 0.269 e. The van der Waals surface area contributed by atoms with Gasteiger partial charge in [-0.05, 0) is 32.1 Å². The fourth-order valence-electron chi connectivity index (χ4n) is 1.07. The largest absolute Gasteiger partial charge is 0.351 e. The molecular formula is C10H14ClN3O. The standard InChI is InChI=1S/C10H14ClN3O/c1-12-5-2-6-13-10(15)9-4-3-8(11)7-14-9/h3-4,7,12H,2,5-6H2,1H3,(H,13,15). The molecule has 15 heavy (non-hydrogen) atoms. The van der Waals surface area contributed by atoms with Crippen molar-refractivity contribution in [2.45, 2.75) is 6.42 Å². The van der Waals surface area contributed by atoms with Gasteiger partial charge in [0.25, 0.3) is 5.91 Å². The number of pyridine rings is 1. The third kappa shape index (κ3) is 4.27. The number of hydrogen-bond donors (Lipinski definition) is 2. The molecule has 0 saturated carbocycles. The van der Waals surface area contributed by atoms with Crippen LogP contribution in [0, 0.1) is 0 Å². The van der Waals surface area contributed by atoms with Crippen LogP contribution in [0.25, 0.3) is 0 Å². The number of nitrogens with one attached hydrogen (secondary N) is 2. The van der Waals surface area contributed by atoms with Crippen LogP contribution in [0.15, 0.2) is 18.3 Å². The third-order valence-electron chi connectivity index (χ3n) is 1.85. The molecule has 0 bridgehead atoms. The van der Waals surface area contributed by atoms with Crippen molar-refractivity contribution in [1.29, 1.82) is 0 Å². The molecule has 1 heterocycles. The molecule has 1 aromatic rings. The van der Waals surface area contributed by atoms with E-state index >= 15 is 0 Å². The minimum atomic E-state index is -0.164. The molecule has 2 N–H and O–H groups in total. The Labute approximate surface area is 94.0 Å². The van der Waals surface area contributed by atoms with E-state index in [2.05, 4.69) is 15.6 Å². The van der Waals surface area contributed by atoms with Gasteiger partial charge < -0.3 is 10.6 Å². The Kier molecular flexibility index (Phi) is 5.07. The molecule has 0 aliphatic rings. The first-order valence-corrected chi connectivity index (χ1v) is 5.16. The number of carbonyl (C=O) groups excluding carboxylic acids is 1. The van der Waals surface area contributed by atoms with Crippen molar-refractivity contribution in [2.75, 3.05) is 20.1 Å². The van der Waals surface area contributed by atoms with Gasteiger partial charge in [-0.2, -0.15) is 0 Å². The van der Waals surface area contributed by atoms with Gasteiger partial charge in [-0.25, -0.2) is 4.98 Å². The molecule has 5 heteroatoms. The smallest absolute Gasteiger partial charge is 0.269 e. The number of nitrogens with zero attached hydrogens (tertiary/aromatic N) is 1. The molecule has 82 valence electrons. The van der Waals surface area contributed by atoms with E-state index in [1.165, 1.54) is 6.20 Å². The second kappa shape index (κ2) is 6.37. The zero-order chi connectivity index (χ0) is 11.1. The summed E-state index contributed by atoms with van der Waals surface area (Å²) in [5.74, 6) is -0.164. The first-order valence-electron chi connectivity index (χ1n) is 4.78. The van der Waals surface area contributed by atoms with Crippen molar-refractivity contribution >= 4 is 17.5 Å². The molecule has 0 spiro atoms. The van der Waals surface area contributed by atoms with Gasteiger partial charge in [0.1, 0.15) is 5.69 Å². The summed E-state index contributed by atoms with van der Waals surface area (Å²) in [5.41, 5.74) is 0.392. The van der Waals surface area contributed by atoms with E-state index in [1.54, 1.807) is 12.1 Å². The average Bonchev–Trinajstić information content (AvgIpc) is 2.25. The summed E-state index contributed by atoms with van der Waals surface area (Å²) < 4.78 is 0. The number of halogens is 1. The van der Waals surface area contributed by atoms with Crippen LogP contribution in [-0.4, -0.2) is 31.0 Å². The number of aromatic nitrogens is 1. The fourth-order valence-corrected chi connectivity index (χ4v) is 1.18. The zero-order valence-electron chi connectivity index (χ0n) is 8.59. The van der Waals surface area contributed by atoms with Gasteiger partial charge >= 0.3 is 0 Å². The predicted octanol–water partition coefficient (Wildman–Crippen LogP) is 1.07. The van der Waals surface area contributed by atoms with E-state index in [0.29, 0.717) is 17.3 Å². The van der Waals surface area contributed by atoms with Crippen molar-refractivity contribution in [3.05, 3.63) is 29.0 Å². The topological polar surface area (TPSA) is 54.0 Å². The Hall–Kier alpha value is -1.13. The molecule has 0 aromatic carbocycles. The first kappa shape index (κ1) is 11.9. The number of hydrogen-bond acceptors (Lipinski definition) is 3. The SMILES string of the molecule is CNCCCNC(=O)c1ccc(Cl)cn1. The molecule has 0 fully saturated rings. The predicted molar refractivity (Wildman–Crippen MR) is 60.1 cm³/mol. The van der Waals surface area contributed by atoms with Crippen LogP contribution in [0.5, 0.6) is 0 Å². The van der Waals surface area contributed by atoms with E-state index in [-0.39, 0.29) is 5.91 Å². The van der Waals surface area contributed by atoms with E-state index in [4.69, 9.17) is 11.6 Å². The van der Waals surface area contributed by atoms with Gasteiger partial charge in [0.05, 0.1) is 5.02 Å². The van der Waals surface area contributed by atoms with Crippen LogP contribution >= 0.6 is 11.6 Å². The van der Waals surface area contributed by atoms with Gasteiger partial charge in [-0.1, -0.05) is 11.6 Å². The molecule has 0 aliphatic heterocycles. The lowest BCUT2D eigenvalue weighted by Crippen LogP contribution is -2.27. The van der Waals surface area contributed by atoms with E-state index < -0.39 is 0 Å². The lowest BCUT2D eigenvalue weighted by molar-refractivity contribution is 0.0948. The number of amides is 1. The Balaban J connectivity index is 2.37. The Morgan fingerprint density at radius 1 is 1.47 bits per heavy atom. The molecule has 1 rings (SSSR count). The highest BCUT2D eigenvalue weighted by Crippen LogP contribution is 2.05. The van der Waals surface area contributed by atoms with Gasteiger partial charge in [0.2, 0.25) is 0 Å². The number of rotatable bonds is 5. The average molecular weight is 228 g/mol. The molecule has 1 amide bonds. The van der Waals surface area contributed by atoms with Crippen molar-refractivity contribution in [1.82, 2.24) is 15.6 Å². The maximum absolute atomic E-state index is 11.5. The molecule has 0 unspecified atom stereocenters. The van der Waals surface area contributed by atoms with Crippen LogP contribution in [0.2, 0.25) is 5.02 Å². The molecule has 4 nitrogen and oxygen atoms in total. The van der Waals surface area contributed by atoms with Gasteiger partial charge in [0.15, 0.2) is 0 Å². The minimum Gasteiger partial charge on any atom is -0.351 e. The second-order valence-electron chi connectivity index (χ2n) is 3.07. The monoisotopic (exact) mass is 227 g/mol. The van der Waals surface area contributed by atoms with Gasteiger partial charge in [-0.3, -0.25) is 4.79 Å². The summed E-state index contributed by atoms with van der Waals surface area (Å²) in [6.45, 7) is 1.53. The molecule has 0 saturated heterocycles. The Morgan fingerprint density at radius 2 is 2.27 bits per heavy atom. The summed E-state index contributed by atoms with van der Waals surface area (Å²) in [6.07, 6.45) is 2.36. The van der Waals surface area contributed by atoms with E-state index in [9.17, 15) is 4.79 Å². The van der Waals surface area contributed by atoms with Gasteiger partial charge in [-0.15, -0.1) is 0 Å². The van der Waals surface area contributed by atoms with Gasteiger partial charge in [0, 0.05) is 12.7 Å². The van der Waals surface area contributed by atoms with E-state index in [1.807, 2.05) is 7.05 Å². The summed E-state index contributed by atoms with van der Waals surface area (Å²) in [7, 11) is 1.88. The molecule has 0 atom stereocenters. The fraction of sp³-hybridized carbons (Fsp3) is 0.400. The highest BCUT2D eigenvalue weighted by molar-refractivity contribution is 6.30. The van der Waals surface area contributed by atoms with Crippen molar-refractivity contribution in [2.24, 2.45) is 0 Å². The summed E-state index contributed by atoms with van der Waals surface area (Å²) in [5, 5.41) is 6.30. The first-order chi connectivity index (χ1) is 7.24. The Morgan fingerprint density at radius 3 is 2.87 bits per heavy atom. The summed E-state index contributed by atoms with van der Waals surface area (Å²) in [6, 6.07) is 3.26. The van der Waals surface area contributed by atoms with Crippen molar-refractivity contribution in [3.8, 4) is 0 Å². The lowest BCUT2D eigenvalue weighted by Gasteiger charge is -2.03. The zero-order valence-corrected chi connectivity index (χ0v) is 9.34. The highest BCUT2D eigenvalue weighted by Gasteiger charge is 2.04. The van der Waals surface area contributed by atoms with E-state index in [0.717, 1.165) is 13.0 Å². The third-order valence-corrected chi connectivity index (χ3v) is 2.07.